The van der Waals surface area contributed by atoms with E-state index in [-0.39, 0.29) is 39.6 Å². The van der Waals surface area contributed by atoms with Gasteiger partial charge in [-0.3, -0.25) is 24.0 Å². The lowest BCUT2D eigenvalue weighted by Crippen LogP contribution is -2.46. The maximum absolute atomic E-state index is 13.3. The minimum Gasteiger partial charge on any atom is -0.508 e. The van der Waals surface area contributed by atoms with Crippen LogP contribution in [0.1, 0.15) is 73.6 Å². The summed E-state index contributed by atoms with van der Waals surface area (Å²) in [6.07, 6.45) is -0.943. The number of rotatable bonds is 13. The average Bonchev–Trinajstić information content (AvgIpc) is 3.21. The van der Waals surface area contributed by atoms with Crippen molar-refractivity contribution in [3.05, 3.63) is 155 Å². The molecular formula is C45H38N6O8. The van der Waals surface area contributed by atoms with Crippen LogP contribution in [0.2, 0.25) is 0 Å². The molecule has 0 bridgehead atoms. The molecule has 0 aromatic heterocycles. The summed E-state index contributed by atoms with van der Waals surface area (Å²) in [4.78, 5) is 64.5. The SMILES string of the molecule is C=C(O)c1ccc(NC(=O)c2ccc(NC(=O)c3ccc(NC(=O)[C@H](CC(N)=O)NC(=O)c4ccc(C#Cc5ccc(C#N)cc5)cc4)cc3)c(OC(C)C)c2O)cc1. The highest BCUT2D eigenvalue weighted by Gasteiger charge is 2.25. The summed E-state index contributed by atoms with van der Waals surface area (Å²) < 4.78 is 5.80. The number of phenols is 1. The number of hydrogen-bond donors (Lipinski definition) is 7. The van der Waals surface area contributed by atoms with Gasteiger partial charge >= 0.3 is 0 Å². The molecule has 0 aliphatic rings. The molecule has 5 amide bonds. The number of carbonyl (C=O) groups excluding carboxylic acids is 5. The van der Waals surface area contributed by atoms with Crippen LogP contribution < -0.4 is 31.7 Å². The Morgan fingerprint density at radius 1 is 0.695 bits per heavy atom. The minimum atomic E-state index is -1.33. The van der Waals surface area contributed by atoms with Crippen molar-refractivity contribution in [2.24, 2.45) is 5.73 Å². The lowest BCUT2D eigenvalue weighted by molar-refractivity contribution is -0.123. The second-order valence-corrected chi connectivity index (χ2v) is 13.2. The molecule has 59 heavy (non-hydrogen) atoms. The Kier molecular flexibility index (Phi) is 13.5. The van der Waals surface area contributed by atoms with Crippen molar-refractivity contribution in [1.82, 2.24) is 5.32 Å². The monoisotopic (exact) mass is 790 g/mol. The molecule has 1 atom stereocenters. The van der Waals surface area contributed by atoms with Gasteiger partial charge in [-0.2, -0.15) is 5.26 Å². The Hall–Kier alpha value is -8.36. The van der Waals surface area contributed by atoms with Gasteiger partial charge < -0.3 is 42.0 Å². The number of aliphatic hydroxyl groups is 1. The number of aromatic hydroxyl groups is 1. The van der Waals surface area contributed by atoms with Gasteiger partial charge in [-0.1, -0.05) is 18.4 Å². The predicted octanol–water partition coefficient (Wildman–Crippen LogP) is 6.10. The normalized spacial score (nSPS) is 10.8. The summed E-state index contributed by atoms with van der Waals surface area (Å²) in [5.41, 5.74) is 8.65. The lowest BCUT2D eigenvalue weighted by Gasteiger charge is -2.19. The van der Waals surface area contributed by atoms with Crippen molar-refractivity contribution in [3.8, 4) is 29.4 Å². The molecule has 0 aliphatic carbocycles. The summed E-state index contributed by atoms with van der Waals surface area (Å²) in [6, 6.07) is 28.5. The number of primary amides is 1. The molecule has 0 heterocycles. The maximum atomic E-state index is 13.3. The summed E-state index contributed by atoms with van der Waals surface area (Å²) in [5.74, 6) is 1.73. The molecule has 0 fully saturated rings. The number of nitriles is 1. The number of nitrogens with zero attached hydrogens (tertiary/aromatic N) is 1. The van der Waals surface area contributed by atoms with Crippen molar-refractivity contribution in [2.75, 3.05) is 16.0 Å². The Bertz CT molecular complexity index is 2510. The topological polar surface area (TPSA) is 233 Å². The second-order valence-electron chi connectivity index (χ2n) is 13.2. The number of nitrogens with two attached hydrogens (primary N) is 1. The van der Waals surface area contributed by atoms with E-state index in [4.69, 9.17) is 15.7 Å². The minimum absolute atomic E-state index is 0.0802. The lowest BCUT2D eigenvalue weighted by atomic mass is 10.1. The number of carbonyl (C=O) groups is 5. The number of nitrogens with one attached hydrogen (secondary N) is 4. The summed E-state index contributed by atoms with van der Waals surface area (Å²) in [7, 11) is 0. The number of hydrogen-bond acceptors (Lipinski definition) is 9. The first kappa shape index (κ1) is 41.8. The van der Waals surface area contributed by atoms with E-state index in [9.17, 15) is 34.2 Å². The van der Waals surface area contributed by atoms with Crippen molar-refractivity contribution < 1.29 is 38.9 Å². The third-order valence-corrected chi connectivity index (χ3v) is 8.41. The largest absolute Gasteiger partial charge is 0.508 e. The number of benzene rings is 5. The van der Waals surface area contributed by atoms with Crippen molar-refractivity contribution in [2.45, 2.75) is 32.4 Å². The van der Waals surface area contributed by atoms with Gasteiger partial charge in [-0.25, -0.2) is 0 Å². The molecule has 5 aromatic rings. The zero-order chi connectivity index (χ0) is 42.6. The fourth-order valence-corrected chi connectivity index (χ4v) is 5.41. The standard InChI is InChI=1S/C45H38N6O8/c1-26(2)59-41-37(23-22-36(40(41)54)44(57)48-34-18-14-31(15-19-34)27(3)52)50-42(55)33-16-20-35(21-17-33)49-45(58)38(24-39(47)53)51-43(56)32-12-10-29(11-13-32)5-4-28-6-8-30(25-46)9-7-28/h6-23,26,38,52,54H,3,24H2,1-2H3,(H2,47,53)(H,48,57)(H,49,58)(H,50,55)(H,51,56)/t38-/m0/s1. The number of aliphatic hydroxyl groups excluding tert-OH is 1. The molecular weight excluding hydrogens is 753 g/mol. The Balaban J connectivity index is 1.22. The fraction of sp³-hybridized carbons (Fsp3) is 0.111. The van der Waals surface area contributed by atoms with Crippen molar-refractivity contribution in [3.63, 3.8) is 0 Å². The molecule has 0 unspecified atom stereocenters. The van der Waals surface area contributed by atoms with E-state index in [2.05, 4.69) is 39.7 Å². The van der Waals surface area contributed by atoms with E-state index in [1.165, 1.54) is 48.5 Å². The molecule has 0 saturated carbocycles. The van der Waals surface area contributed by atoms with Crippen LogP contribution in [0.5, 0.6) is 11.5 Å². The van der Waals surface area contributed by atoms with E-state index in [1.807, 2.05) is 6.07 Å². The molecule has 296 valence electrons. The Labute approximate surface area is 339 Å². The van der Waals surface area contributed by atoms with Crippen molar-refractivity contribution in [1.29, 1.82) is 5.26 Å². The van der Waals surface area contributed by atoms with Gasteiger partial charge in [0.15, 0.2) is 11.5 Å². The predicted molar refractivity (Wildman–Crippen MR) is 222 cm³/mol. The summed E-state index contributed by atoms with van der Waals surface area (Å²) in [5, 5.41) is 40.1. The zero-order valence-corrected chi connectivity index (χ0v) is 31.8. The van der Waals surface area contributed by atoms with E-state index < -0.39 is 53.9 Å². The van der Waals surface area contributed by atoms with Crippen LogP contribution in [0.25, 0.3) is 5.76 Å². The number of ether oxygens (including phenoxy) is 1. The van der Waals surface area contributed by atoms with Crippen LogP contribution in [-0.2, 0) is 9.59 Å². The molecule has 14 heteroatoms. The van der Waals surface area contributed by atoms with Gasteiger partial charge in [0.2, 0.25) is 11.8 Å². The first-order valence-electron chi connectivity index (χ1n) is 18.0. The molecule has 5 rings (SSSR count). The second kappa shape index (κ2) is 19.0. The van der Waals surface area contributed by atoms with Gasteiger partial charge in [0.25, 0.3) is 17.7 Å². The highest BCUT2D eigenvalue weighted by atomic mass is 16.5. The quantitative estimate of drug-likeness (QED) is 0.0539. The highest BCUT2D eigenvalue weighted by molar-refractivity contribution is 6.09. The maximum Gasteiger partial charge on any atom is 0.259 e. The van der Waals surface area contributed by atoms with E-state index in [0.29, 0.717) is 27.9 Å². The average molecular weight is 791 g/mol. The molecule has 0 spiro atoms. The van der Waals surface area contributed by atoms with E-state index in [0.717, 1.165) is 0 Å². The number of anilines is 3. The van der Waals surface area contributed by atoms with Crippen LogP contribution in [-0.4, -0.2) is 51.9 Å². The smallest absolute Gasteiger partial charge is 0.259 e. The van der Waals surface area contributed by atoms with Gasteiger partial charge in [0, 0.05) is 39.2 Å². The zero-order valence-electron chi connectivity index (χ0n) is 31.8. The van der Waals surface area contributed by atoms with Gasteiger partial charge in [-0.15, -0.1) is 0 Å². The third-order valence-electron chi connectivity index (χ3n) is 8.41. The van der Waals surface area contributed by atoms with Crippen LogP contribution in [0.15, 0.2) is 116 Å². The van der Waals surface area contributed by atoms with E-state index in [1.54, 1.807) is 74.5 Å². The molecule has 8 N–H and O–H groups in total. The Morgan fingerprint density at radius 2 is 1.20 bits per heavy atom. The molecule has 5 aromatic carbocycles. The van der Waals surface area contributed by atoms with Gasteiger partial charge in [-0.05, 0) is 123 Å². The van der Waals surface area contributed by atoms with Gasteiger partial charge in [0.05, 0.1) is 35.4 Å². The van der Waals surface area contributed by atoms with Crippen molar-refractivity contribution >= 4 is 52.4 Å². The van der Waals surface area contributed by atoms with Crippen LogP contribution in [0.3, 0.4) is 0 Å². The van der Waals surface area contributed by atoms with Crippen LogP contribution >= 0.6 is 0 Å². The number of phenolic OH excluding ortho intramolecular Hbond substituents is 1. The fourth-order valence-electron chi connectivity index (χ4n) is 5.41. The molecule has 0 aliphatic heterocycles. The third kappa shape index (κ3) is 11.3. The molecule has 14 nitrogen and oxygen atoms in total. The summed E-state index contributed by atoms with van der Waals surface area (Å²) >= 11 is 0. The Morgan fingerprint density at radius 3 is 1.75 bits per heavy atom. The first-order chi connectivity index (χ1) is 28.2. The first-order valence-corrected chi connectivity index (χ1v) is 18.0. The number of amides is 5. The van der Waals surface area contributed by atoms with Gasteiger partial charge in [0.1, 0.15) is 11.8 Å². The molecule has 0 radical (unpaired) electrons. The van der Waals surface area contributed by atoms with E-state index >= 15 is 0 Å². The van der Waals surface area contributed by atoms with Crippen LogP contribution in [0, 0.1) is 23.2 Å². The molecule has 0 saturated heterocycles. The summed E-state index contributed by atoms with van der Waals surface area (Å²) in [6.45, 7) is 6.87. The highest BCUT2D eigenvalue weighted by Crippen LogP contribution is 2.39. The van der Waals surface area contributed by atoms with Crippen LogP contribution in [0.4, 0.5) is 17.1 Å².